The van der Waals surface area contributed by atoms with Crippen LogP contribution in [0.25, 0.3) is 6.08 Å². The van der Waals surface area contributed by atoms with Crippen molar-refractivity contribution in [2.45, 2.75) is 6.92 Å². The highest BCUT2D eigenvalue weighted by Gasteiger charge is 2.32. The van der Waals surface area contributed by atoms with Crippen LogP contribution >= 0.6 is 0 Å². The lowest BCUT2D eigenvalue weighted by molar-refractivity contribution is -0.122. The molecule has 0 aromatic heterocycles. The summed E-state index contributed by atoms with van der Waals surface area (Å²) in [6, 6.07) is 15.6. The van der Waals surface area contributed by atoms with Gasteiger partial charge in [0, 0.05) is 17.8 Å². The fourth-order valence-electron chi connectivity index (χ4n) is 2.61. The van der Waals surface area contributed by atoms with E-state index in [1.54, 1.807) is 49.4 Å². The number of nitrogens with one attached hydrogen (secondary N) is 2. The molecular formula is C20H19N3O4. The van der Waals surface area contributed by atoms with E-state index in [2.05, 4.69) is 10.6 Å². The molecule has 27 heavy (non-hydrogen) atoms. The van der Waals surface area contributed by atoms with Crippen molar-refractivity contribution in [1.82, 2.24) is 10.2 Å². The van der Waals surface area contributed by atoms with Crippen molar-refractivity contribution in [3.05, 3.63) is 65.9 Å². The average molecular weight is 365 g/mol. The molecule has 1 heterocycles. The number of amides is 4. The smallest absolute Gasteiger partial charge is 0.328 e. The molecule has 2 N–H and O–H groups in total. The third kappa shape index (κ3) is 4.33. The van der Waals surface area contributed by atoms with Crippen LogP contribution in [0.1, 0.15) is 12.5 Å². The first kappa shape index (κ1) is 18.2. The normalized spacial score (nSPS) is 15.0. The van der Waals surface area contributed by atoms with Crippen LogP contribution in [0.4, 0.5) is 10.5 Å². The van der Waals surface area contributed by atoms with Gasteiger partial charge in [0.1, 0.15) is 11.4 Å². The number of carbonyl (C=O) groups is 3. The molecule has 0 spiro atoms. The lowest BCUT2D eigenvalue weighted by atomic mass is 10.1. The van der Waals surface area contributed by atoms with Gasteiger partial charge in [0.25, 0.3) is 11.8 Å². The molecular weight excluding hydrogens is 346 g/mol. The minimum absolute atomic E-state index is 0.173. The minimum Gasteiger partial charge on any atom is -0.483 e. The fraction of sp³-hybridized carbons (Fsp3) is 0.150. The molecule has 0 bridgehead atoms. The van der Waals surface area contributed by atoms with Gasteiger partial charge in [-0.15, -0.1) is 0 Å². The third-order valence-electron chi connectivity index (χ3n) is 3.91. The Bertz CT molecular complexity index is 893. The second-order valence-corrected chi connectivity index (χ2v) is 5.78. The van der Waals surface area contributed by atoms with Gasteiger partial charge in [-0.3, -0.25) is 14.5 Å². The Labute approximate surface area is 156 Å². The van der Waals surface area contributed by atoms with Crippen molar-refractivity contribution in [3.8, 4) is 5.75 Å². The summed E-state index contributed by atoms with van der Waals surface area (Å²) in [7, 11) is 0. The van der Waals surface area contributed by atoms with Gasteiger partial charge in [-0.05, 0) is 31.2 Å². The highest BCUT2D eigenvalue weighted by atomic mass is 16.5. The van der Waals surface area contributed by atoms with Crippen LogP contribution in [0.2, 0.25) is 0 Å². The van der Waals surface area contributed by atoms with E-state index in [4.69, 9.17) is 4.74 Å². The number of para-hydroxylation sites is 2. The number of hydrogen-bond acceptors (Lipinski definition) is 4. The van der Waals surface area contributed by atoms with Crippen molar-refractivity contribution in [1.29, 1.82) is 0 Å². The molecule has 0 saturated carbocycles. The Hall–Kier alpha value is -3.61. The first-order chi connectivity index (χ1) is 13.1. The highest BCUT2D eigenvalue weighted by Crippen LogP contribution is 2.22. The molecule has 0 unspecified atom stereocenters. The number of carbonyl (C=O) groups excluding carboxylic acids is 3. The second-order valence-electron chi connectivity index (χ2n) is 5.78. The monoisotopic (exact) mass is 365 g/mol. The summed E-state index contributed by atoms with van der Waals surface area (Å²) in [5.41, 5.74) is 1.44. The number of anilines is 1. The Balaban J connectivity index is 1.69. The molecule has 7 heteroatoms. The fourth-order valence-corrected chi connectivity index (χ4v) is 2.61. The Kier molecular flexibility index (Phi) is 5.51. The summed E-state index contributed by atoms with van der Waals surface area (Å²) in [4.78, 5) is 37.1. The van der Waals surface area contributed by atoms with Gasteiger partial charge in [0.05, 0.1) is 0 Å². The lowest BCUT2D eigenvalue weighted by Crippen LogP contribution is -2.30. The first-order valence-electron chi connectivity index (χ1n) is 8.49. The molecule has 138 valence electrons. The van der Waals surface area contributed by atoms with Crippen molar-refractivity contribution >= 4 is 29.6 Å². The molecule has 2 aromatic rings. The molecule has 4 amide bonds. The first-order valence-corrected chi connectivity index (χ1v) is 8.49. The van der Waals surface area contributed by atoms with E-state index < -0.39 is 6.03 Å². The van der Waals surface area contributed by atoms with Gasteiger partial charge in [0.2, 0.25) is 0 Å². The topological polar surface area (TPSA) is 87.7 Å². The molecule has 0 radical (unpaired) electrons. The molecule has 2 aromatic carbocycles. The SMILES string of the molecule is CCN1C(=O)N/C(=C/c2ccccc2OCC(=O)Nc2ccccc2)C1=O. The number of imide groups is 1. The average Bonchev–Trinajstić information content (AvgIpc) is 2.94. The van der Waals surface area contributed by atoms with Crippen LogP contribution < -0.4 is 15.4 Å². The van der Waals surface area contributed by atoms with Crippen molar-refractivity contribution in [3.63, 3.8) is 0 Å². The van der Waals surface area contributed by atoms with Gasteiger partial charge < -0.3 is 15.4 Å². The Morgan fingerprint density at radius 3 is 2.52 bits per heavy atom. The quantitative estimate of drug-likeness (QED) is 0.608. The molecule has 3 rings (SSSR count). The largest absolute Gasteiger partial charge is 0.483 e. The zero-order valence-corrected chi connectivity index (χ0v) is 14.8. The maximum absolute atomic E-state index is 12.2. The van der Waals surface area contributed by atoms with Crippen molar-refractivity contribution < 1.29 is 19.1 Å². The van der Waals surface area contributed by atoms with Crippen molar-refractivity contribution in [2.75, 3.05) is 18.5 Å². The summed E-state index contributed by atoms with van der Waals surface area (Å²) in [6.07, 6.45) is 1.54. The summed E-state index contributed by atoms with van der Waals surface area (Å²) in [6.45, 7) is 1.83. The molecule has 1 aliphatic heterocycles. The van der Waals surface area contributed by atoms with Gasteiger partial charge in [0.15, 0.2) is 6.61 Å². The van der Waals surface area contributed by atoms with E-state index in [-0.39, 0.29) is 24.1 Å². The zero-order chi connectivity index (χ0) is 19.2. The number of nitrogens with zero attached hydrogens (tertiary/aromatic N) is 1. The van der Waals surface area contributed by atoms with E-state index in [0.29, 0.717) is 23.5 Å². The molecule has 1 saturated heterocycles. The predicted octanol–water partition coefficient (Wildman–Crippen LogP) is 2.62. The maximum Gasteiger partial charge on any atom is 0.328 e. The van der Waals surface area contributed by atoms with E-state index in [0.717, 1.165) is 4.90 Å². The van der Waals surface area contributed by atoms with E-state index in [9.17, 15) is 14.4 Å². The van der Waals surface area contributed by atoms with Gasteiger partial charge in [-0.2, -0.15) is 0 Å². The standard InChI is InChI=1S/C20H19N3O4/c1-2-23-19(25)16(22-20(23)26)12-14-8-6-7-11-17(14)27-13-18(24)21-15-9-4-3-5-10-15/h3-12H,2,13H2,1H3,(H,21,24)(H,22,26)/b16-12+. The molecule has 1 aliphatic rings. The maximum atomic E-state index is 12.2. The Morgan fingerprint density at radius 2 is 1.81 bits per heavy atom. The minimum atomic E-state index is -0.450. The zero-order valence-electron chi connectivity index (χ0n) is 14.8. The van der Waals surface area contributed by atoms with Crippen LogP contribution in [0.15, 0.2) is 60.3 Å². The summed E-state index contributed by atoms with van der Waals surface area (Å²) < 4.78 is 5.60. The Morgan fingerprint density at radius 1 is 1.11 bits per heavy atom. The van der Waals surface area contributed by atoms with Gasteiger partial charge >= 0.3 is 6.03 Å². The number of hydrogen-bond donors (Lipinski definition) is 2. The van der Waals surface area contributed by atoms with Gasteiger partial charge in [-0.1, -0.05) is 36.4 Å². The number of ether oxygens (including phenoxy) is 1. The number of likely N-dealkylation sites (N-methyl/N-ethyl adjacent to an activating group) is 1. The third-order valence-corrected chi connectivity index (χ3v) is 3.91. The predicted molar refractivity (Wildman–Crippen MR) is 101 cm³/mol. The molecule has 0 aliphatic carbocycles. The number of rotatable bonds is 6. The molecule has 7 nitrogen and oxygen atoms in total. The summed E-state index contributed by atoms with van der Waals surface area (Å²) in [5.74, 6) is -0.254. The number of benzene rings is 2. The van der Waals surface area contributed by atoms with Gasteiger partial charge in [-0.25, -0.2) is 4.79 Å². The van der Waals surface area contributed by atoms with E-state index in [1.165, 1.54) is 0 Å². The van der Waals surface area contributed by atoms with Crippen LogP contribution in [0, 0.1) is 0 Å². The van der Waals surface area contributed by atoms with E-state index in [1.807, 2.05) is 18.2 Å². The van der Waals surface area contributed by atoms with Crippen molar-refractivity contribution in [2.24, 2.45) is 0 Å². The van der Waals surface area contributed by atoms with E-state index >= 15 is 0 Å². The highest BCUT2D eigenvalue weighted by molar-refractivity contribution is 6.14. The second kappa shape index (κ2) is 8.18. The summed E-state index contributed by atoms with van der Waals surface area (Å²) >= 11 is 0. The van der Waals surface area contributed by atoms with Crippen LogP contribution in [-0.4, -0.2) is 35.9 Å². The molecule has 0 atom stereocenters. The lowest BCUT2D eigenvalue weighted by Gasteiger charge is -2.10. The summed E-state index contributed by atoms with van der Waals surface area (Å²) in [5, 5.41) is 5.28. The van der Waals surface area contributed by atoms with Crippen LogP contribution in [0.5, 0.6) is 5.75 Å². The van der Waals surface area contributed by atoms with Crippen LogP contribution in [-0.2, 0) is 9.59 Å². The number of urea groups is 1. The van der Waals surface area contributed by atoms with Crippen LogP contribution in [0.3, 0.4) is 0 Å². The molecule has 1 fully saturated rings.